The molecule has 0 amide bonds. The first-order chi connectivity index (χ1) is 11.8. The number of guanidine groups is 1. The van der Waals surface area contributed by atoms with Gasteiger partial charge in [0.25, 0.3) is 0 Å². The fraction of sp³-hybridized carbons (Fsp3) is 0.350. The molecule has 24 heavy (non-hydrogen) atoms. The summed E-state index contributed by atoms with van der Waals surface area (Å²) in [6.45, 7) is 5.13. The zero-order valence-electron chi connectivity index (χ0n) is 14.5. The molecule has 1 unspecified atom stereocenters. The van der Waals surface area contributed by atoms with E-state index in [0.29, 0.717) is 12.5 Å². The Morgan fingerprint density at radius 3 is 2.21 bits per heavy atom. The van der Waals surface area contributed by atoms with Gasteiger partial charge < -0.3 is 15.4 Å². The quantitative estimate of drug-likeness (QED) is 0.579. The summed E-state index contributed by atoms with van der Waals surface area (Å²) in [5.41, 5.74) is 2.44. The third-order valence-corrected chi connectivity index (χ3v) is 3.66. The van der Waals surface area contributed by atoms with Gasteiger partial charge in [0.1, 0.15) is 0 Å². The van der Waals surface area contributed by atoms with Gasteiger partial charge in [0.2, 0.25) is 0 Å². The highest BCUT2D eigenvalue weighted by Gasteiger charge is 2.05. The van der Waals surface area contributed by atoms with Crippen LogP contribution < -0.4 is 10.6 Å². The molecule has 2 N–H and O–H groups in total. The third kappa shape index (κ3) is 6.84. The van der Waals surface area contributed by atoms with Gasteiger partial charge in [0.05, 0.1) is 13.2 Å². The molecule has 2 aromatic rings. The van der Waals surface area contributed by atoms with Crippen molar-refractivity contribution >= 4 is 5.96 Å². The molecule has 0 aliphatic heterocycles. The Morgan fingerprint density at radius 2 is 1.58 bits per heavy atom. The molecule has 0 saturated heterocycles. The zero-order chi connectivity index (χ0) is 17.0. The lowest BCUT2D eigenvalue weighted by Gasteiger charge is -2.16. The predicted octanol–water partition coefficient (Wildman–Crippen LogP) is 3.20. The van der Waals surface area contributed by atoms with Crippen LogP contribution >= 0.6 is 0 Å². The highest BCUT2D eigenvalue weighted by molar-refractivity contribution is 5.79. The number of benzene rings is 2. The van der Waals surface area contributed by atoms with Crippen molar-refractivity contribution in [1.82, 2.24) is 10.6 Å². The van der Waals surface area contributed by atoms with Gasteiger partial charge in [0, 0.05) is 20.1 Å². The largest absolute Gasteiger partial charge is 0.376 e. The number of hydrogen-bond donors (Lipinski definition) is 2. The van der Waals surface area contributed by atoms with E-state index in [-0.39, 0.29) is 0 Å². The molecule has 0 heterocycles. The van der Waals surface area contributed by atoms with E-state index in [1.165, 1.54) is 11.1 Å². The summed E-state index contributed by atoms with van der Waals surface area (Å²) in [7, 11) is 1.79. The predicted molar refractivity (Wildman–Crippen MR) is 99.9 cm³/mol. The standard InChI is InChI=1S/C20H27N3O/c1-17(15-24-16-19-11-7-4-8-12-19)13-22-20(21-2)23-14-18-9-5-3-6-10-18/h3-12,17H,13-16H2,1-2H3,(H2,21,22,23). The summed E-state index contributed by atoms with van der Waals surface area (Å²) in [4.78, 5) is 4.26. The Labute approximate surface area is 145 Å². The van der Waals surface area contributed by atoms with Crippen molar-refractivity contribution in [1.29, 1.82) is 0 Å². The third-order valence-electron chi connectivity index (χ3n) is 3.66. The van der Waals surface area contributed by atoms with Crippen molar-refractivity contribution in [3.05, 3.63) is 71.8 Å². The summed E-state index contributed by atoms with van der Waals surface area (Å²) < 4.78 is 5.78. The monoisotopic (exact) mass is 325 g/mol. The van der Waals surface area contributed by atoms with Gasteiger partial charge in [-0.25, -0.2) is 0 Å². The average Bonchev–Trinajstić information content (AvgIpc) is 2.63. The van der Waals surface area contributed by atoms with Crippen LogP contribution in [0.25, 0.3) is 0 Å². The van der Waals surface area contributed by atoms with Crippen molar-refractivity contribution in [2.75, 3.05) is 20.2 Å². The van der Waals surface area contributed by atoms with E-state index in [1.807, 2.05) is 36.4 Å². The van der Waals surface area contributed by atoms with Crippen molar-refractivity contribution in [3.63, 3.8) is 0 Å². The van der Waals surface area contributed by atoms with Crippen LogP contribution in [-0.2, 0) is 17.9 Å². The highest BCUT2D eigenvalue weighted by atomic mass is 16.5. The maximum absolute atomic E-state index is 5.78. The van der Waals surface area contributed by atoms with Crippen LogP contribution in [-0.4, -0.2) is 26.2 Å². The molecular formula is C20H27N3O. The number of hydrogen-bond acceptors (Lipinski definition) is 2. The van der Waals surface area contributed by atoms with E-state index in [4.69, 9.17) is 4.74 Å². The fourth-order valence-corrected chi connectivity index (χ4v) is 2.28. The second-order valence-corrected chi connectivity index (χ2v) is 5.90. The van der Waals surface area contributed by atoms with Crippen LogP contribution in [0.4, 0.5) is 0 Å². The van der Waals surface area contributed by atoms with E-state index in [9.17, 15) is 0 Å². The Kier molecular flexibility index (Phi) is 7.84. The van der Waals surface area contributed by atoms with Gasteiger partial charge in [-0.1, -0.05) is 67.6 Å². The number of aliphatic imine (C=N–C) groups is 1. The molecule has 0 spiro atoms. The molecule has 0 bridgehead atoms. The van der Waals surface area contributed by atoms with E-state index < -0.39 is 0 Å². The molecule has 4 nitrogen and oxygen atoms in total. The summed E-state index contributed by atoms with van der Waals surface area (Å²) >= 11 is 0. The topological polar surface area (TPSA) is 45.7 Å². The number of nitrogens with one attached hydrogen (secondary N) is 2. The molecule has 1 atom stereocenters. The molecule has 0 aliphatic rings. The molecule has 4 heteroatoms. The molecule has 0 aliphatic carbocycles. The Morgan fingerprint density at radius 1 is 0.958 bits per heavy atom. The lowest BCUT2D eigenvalue weighted by Crippen LogP contribution is -2.39. The maximum Gasteiger partial charge on any atom is 0.191 e. The lowest BCUT2D eigenvalue weighted by molar-refractivity contribution is 0.0931. The minimum Gasteiger partial charge on any atom is -0.376 e. The first-order valence-corrected chi connectivity index (χ1v) is 8.38. The van der Waals surface area contributed by atoms with Crippen molar-refractivity contribution in [3.8, 4) is 0 Å². The van der Waals surface area contributed by atoms with Crippen LogP contribution in [0.15, 0.2) is 65.7 Å². The SMILES string of the molecule is CN=C(NCc1ccccc1)NCC(C)COCc1ccccc1. The van der Waals surface area contributed by atoms with E-state index in [0.717, 1.165) is 25.7 Å². The molecule has 0 aromatic heterocycles. The van der Waals surface area contributed by atoms with Gasteiger partial charge >= 0.3 is 0 Å². The number of ether oxygens (including phenoxy) is 1. The molecule has 0 fully saturated rings. The lowest BCUT2D eigenvalue weighted by atomic mass is 10.2. The molecule has 2 aromatic carbocycles. The zero-order valence-corrected chi connectivity index (χ0v) is 14.5. The van der Waals surface area contributed by atoms with Gasteiger partial charge in [-0.05, 0) is 17.0 Å². The van der Waals surface area contributed by atoms with Crippen LogP contribution in [0.1, 0.15) is 18.1 Å². The van der Waals surface area contributed by atoms with Crippen molar-refractivity contribution in [2.45, 2.75) is 20.1 Å². The van der Waals surface area contributed by atoms with E-state index >= 15 is 0 Å². The Balaban J connectivity index is 1.63. The highest BCUT2D eigenvalue weighted by Crippen LogP contribution is 2.03. The van der Waals surface area contributed by atoms with Crippen molar-refractivity contribution in [2.24, 2.45) is 10.9 Å². The van der Waals surface area contributed by atoms with Crippen LogP contribution in [0, 0.1) is 5.92 Å². The van der Waals surface area contributed by atoms with Gasteiger partial charge in [-0.2, -0.15) is 0 Å². The first kappa shape index (κ1) is 18.0. The minimum absolute atomic E-state index is 0.406. The fourth-order valence-electron chi connectivity index (χ4n) is 2.28. The number of nitrogens with zero attached hydrogens (tertiary/aromatic N) is 1. The second-order valence-electron chi connectivity index (χ2n) is 5.90. The Hall–Kier alpha value is -2.33. The molecule has 2 rings (SSSR count). The molecular weight excluding hydrogens is 298 g/mol. The average molecular weight is 325 g/mol. The van der Waals surface area contributed by atoms with Crippen molar-refractivity contribution < 1.29 is 4.74 Å². The van der Waals surface area contributed by atoms with Gasteiger partial charge in [0.15, 0.2) is 5.96 Å². The summed E-state index contributed by atoms with van der Waals surface area (Å²) in [5.74, 6) is 1.22. The first-order valence-electron chi connectivity index (χ1n) is 8.38. The normalized spacial score (nSPS) is 12.7. The van der Waals surface area contributed by atoms with Crippen LogP contribution in [0.5, 0.6) is 0 Å². The smallest absolute Gasteiger partial charge is 0.191 e. The number of rotatable bonds is 8. The molecule has 0 saturated carbocycles. The van der Waals surface area contributed by atoms with Crippen LogP contribution in [0.2, 0.25) is 0 Å². The summed E-state index contributed by atoms with van der Waals surface area (Å²) in [6, 6.07) is 20.5. The molecule has 128 valence electrons. The van der Waals surface area contributed by atoms with E-state index in [1.54, 1.807) is 7.05 Å². The Bertz CT molecular complexity index is 599. The maximum atomic E-state index is 5.78. The van der Waals surface area contributed by atoms with Gasteiger partial charge in [-0.3, -0.25) is 4.99 Å². The van der Waals surface area contributed by atoms with Crippen LogP contribution in [0.3, 0.4) is 0 Å². The van der Waals surface area contributed by atoms with E-state index in [2.05, 4.69) is 46.8 Å². The molecule has 0 radical (unpaired) electrons. The van der Waals surface area contributed by atoms with Gasteiger partial charge in [-0.15, -0.1) is 0 Å². The minimum atomic E-state index is 0.406. The second kappa shape index (κ2) is 10.4. The summed E-state index contributed by atoms with van der Waals surface area (Å²) in [5, 5.41) is 6.67. The summed E-state index contributed by atoms with van der Waals surface area (Å²) in [6.07, 6.45) is 0.